The van der Waals surface area contributed by atoms with Crippen molar-refractivity contribution in [2.24, 2.45) is 11.5 Å². The third kappa shape index (κ3) is 8.03. The summed E-state index contributed by atoms with van der Waals surface area (Å²) in [6, 6.07) is 0.831. The number of aliphatic hydroxyl groups excluding tert-OH is 1. The number of hydrogen-bond acceptors (Lipinski definition) is 14. The summed E-state index contributed by atoms with van der Waals surface area (Å²) in [4.78, 5) is 85.8. The van der Waals surface area contributed by atoms with Crippen LogP contribution in [0.25, 0.3) is 0 Å². The topological polar surface area (TPSA) is 342 Å². The molecule has 0 saturated carbocycles. The van der Waals surface area contributed by atoms with Gasteiger partial charge < -0.3 is 46.2 Å². The van der Waals surface area contributed by atoms with Crippen LogP contribution in [-0.4, -0.2) is 83.4 Å². The number of ketones is 1. The van der Waals surface area contributed by atoms with E-state index in [1.54, 1.807) is 0 Å². The fourth-order valence-electron chi connectivity index (χ4n) is 3.02. The summed E-state index contributed by atoms with van der Waals surface area (Å²) in [5.41, 5.74) is 6.63. The zero-order valence-electron chi connectivity index (χ0n) is 18.2. The van der Waals surface area contributed by atoms with Crippen LogP contribution in [0.5, 0.6) is 0 Å². The molecule has 37 heavy (non-hydrogen) atoms. The monoisotopic (exact) mass is 597 g/mol. The maximum atomic E-state index is 12.9. The van der Waals surface area contributed by atoms with E-state index in [0.29, 0.717) is 4.57 Å². The first kappa shape index (κ1) is 31.3. The standard InChI is InChI=1S/C13H22N5O16P3/c14-3-9(21)16-4-7(19)13(15)10(22)6(32-11(13)18-2-1-8(20)17-12(18)23)5-31-36(27,28)34-37(29,30)33-35(24,25)26/h1-2,6,10-11,22H,3-5,14-15H2,(H,16,21)(H,27,28)(H,29,30)(H,17,20,23)(H2,24,25,26)/t6-,10-,11-,13-/m1/s1. The summed E-state index contributed by atoms with van der Waals surface area (Å²) < 4.78 is 51.6. The summed E-state index contributed by atoms with van der Waals surface area (Å²) in [6.07, 6.45) is -5.08. The number of amides is 1. The number of aliphatic hydroxyl groups is 1. The van der Waals surface area contributed by atoms with E-state index in [0.717, 1.165) is 12.3 Å². The third-order valence-electron chi connectivity index (χ3n) is 4.59. The Morgan fingerprint density at radius 2 is 1.78 bits per heavy atom. The summed E-state index contributed by atoms with van der Waals surface area (Å²) in [6.45, 7) is -2.58. The van der Waals surface area contributed by atoms with Gasteiger partial charge in [0.15, 0.2) is 17.6 Å². The van der Waals surface area contributed by atoms with Crippen molar-refractivity contribution in [1.82, 2.24) is 14.9 Å². The average molecular weight is 597 g/mol. The second-order valence-corrected chi connectivity index (χ2v) is 11.6. The van der Waals surface area contributed by atoms with E-state index < -0.39 is 90.1 Å². The fourth-order valence-corrected chi connectivity index (χ4v) is 6.05. The van der Waals surface area contributed by atoms with Gasteiger partial charge in [0.2, 0.25) is 5.91 Å². The highest BCUT2D eigenvalue weighted by molar-refractivity contribution is 7.66. The van der Waals surface area contributed by atoms with E-state index in [1.807, 2.05) is 4.98 Å². The lowest BCUT2D eigenvalue weighted by Crippen LogP contribution is -2.63. The number of nitrogens with two attached hydrogens (primary N) is 2. The van der Waals surface area contributed by atoms with Crippen LogP contribution in [0.1, 0.15) is 6.23 Å². The van der Waals surface area contributed by atoms with Gasteiger partial charge in [0.05, 0.1) is 19.7 Å². The molecule has 1 aromatic rings. The number of rotatable bonds is 12. The molecule has 0 aliphatic carbocycles. The number of aromatic amines is 1. The molecule has 6 atom stereocenters. The molecule has 21 nitrogen and oxygen atoms in total. The van der Waals surface area contributed by atoms with Crippen LogP contribution in [-0.2, 0) is 41.2 Å². The molecule has 2 rings (SSSR count). The largest absolute Gasteiger partial charge is 0.490 e. The molecule has 11 N–H and O–H groups in total. The molecule has 2 heterocycles. The van der Waals surface area contributed by atoms with Gasteiger partial charge in [0, 0.05) is 12.3 Å². The van der Waals surface area contributed by atoms with Crippen molar-refractivity contribution in [2.75, 3.05) is 19.7 Å². The van der Waals surface area contributed by atoms with Crippen LogP contribution in [0.3, 0.4) is 0 Å². The van der Waals surface area contributed by atoms with Gasteiger partial charge in [-0.3, -0.25) is 28.5 Å². The first-order chi connectivity index (χ1) is 16.8. The second kappa shape index (κ2) is 11.4. The number of carbonyl (C=O) groups is 2. The number of Topliss-reactive ketones (excluding diaryl/α,β-unsaturated/α-hetero) is 1. The van der Waals surface area contributed by atoms with Crippen molar-refractivity contribution in [3.63, 3.8) is 0 Å². The molecule has 0 bridgehead atoms. The number of carbonyl (C=O) groups excluding carboxylic acids is 2. The molecular weight excluding hydrogens is 575 g/mol. The lowest BCUT2D eigenvalue weighted by molar-refractivity contribution is -0.132. The maximum absolute atomic E-state index is 12.9. The molecule has 1 aliphatic rings. The Bertz CT molecular complexity index is 1290. The first-order valence-electron chi connectivity index (χ1n) is 9.53. The van der Waals surface area contributed by atoms with Gasteiger partial charge in [-0.2, -0.15) is 8.62 Å². The predicted molar refractivity (Wildman–Crippen MR) is 115 cm³/mol. The molecule has 1 aromatic heterocycles. The minimum Gasteiger partial charge on any atom is -0.388 e. The number of H-pyrrole nitrogens is 1. The average Bonchev–Trinajstić information content (AvgIpc) is 2.99. The Labute approximate surface area is 204 Å². The van der Waals surface area contributed by atoms with Gasteiger partial charge >= 0.3 is 29.2 Å². The normalized spacial score (nSPS) is 27.3. The first-order valence-corrected chi connectivity index (χ1v) is 14.1. The van der Waals surface area contributed by atoms with Crippen LogP contribution < -0.4 is 28.0 Å². The van der Waals surface area contributed by atoms with E-state index in [4.69, 9.17) is 26.0 Å². The number of phosphoric acid groups is 3. The number of ether oxygens (including phenoxy) is 1. The Morgan fingerprint density at radius 1 is 1.16 bits per heavy atom. The van der Waals surface area contributed by atoms with Crippen molar-refractivity contribution >= 4 is 35.2 Å². The molecule has 0 radical (unpaired) electrons. The number of nitrogens with one attached hydrogen (secondary N) is 2. The lowest BCUT2D eigenvalue weighted by atomic mass is 9.86. The lowest BCUT2D eigenvalue weighted by Gasteiger charge is -2.31. The third-order valence-corrected chi connectivity index (χ3v) is 8.39. The Balaban J connectivity index is 2.32. The molecule has 1 fully saturated rings. The Morgan fingerprint density at radius 3 is 2.32 bits per heavy atom. The molecule has 1 saturated heterocycles. The number of aromatic nitrogens is 2. The van der Waals surface area contributed by atoms with E-state index in [9.17, 15) is 47.8 Å². The highest BCUT2D eigenvalue weighted by atomic mass is 31.3. The molecule has 210 valence electrons. The van der Waals surface area contributed by atoms with Crippen LogP contribution in [0.2, 0.25) is 0 Å². The number of phosphoric ester groups is 1. The van der Waals surface area contributed by atoms with Gasteiger partial charge in [-0.15, -0.1) is 0 Å². The van der Waals surface area contributed by atoms with Crippen LogP contribution in [0, 0.1) is 0 Å². The molecular formula is C13H22N5O16P3. The van der Waals surface area contributed by atoms with Gasteiger partial charge in [-0.1, -0.05) is 0 Å². The Kier molecular flexibility index (Phi) is 9.67. The fraction of sp³-hybridized carbons (Fsp3) is 0.538. The minimum atomic E-state index is -5.86. The van der Waals surface area contributed by atoms with Crippen LogP contribution in [0.15, 0.2) is 21.9 Å². The van der Waals surface area contributed by atoms with E-state index in [2.05, 4.69) is 18.5 Å². The quantitative estimate of drug-likeness (QED) is 0.102. The van der Waals surface area contributed by atoms with Gasteiger partial charge in [0.1, 0.15) is 12.2 Å². The van der Waals surface area contributed by atoms with Crippen molar-refractivity contribution in [3.05, 3.63) is 33.1 Å². The molecule has 2 unspecified atom stereocenters. The molecule has 0 aromatic carbocycles. The SMILES string of the molecule is NCC(=O)NCC(=O)[C@@]1(N)[C@H](O)[C@@H](COP(=O)(O)OP(=O)(O)OP(=O)(O)O)O[C@H]1n1ccc(=O)[nH]c1=O. The van der Waals surface area contributed by atoms with Crippen molar-refractivity contribution in [1.29, 1.82) is 0 Å². The highest BCUT2D eigenvalue weighted by Gasteiger charge is 2.59. The summed E-state index contributed by atoms with van der Waals surface area (Å²) in [5.74, 6) is -1.93. The highest BCUT2D eigenvalue weighted by Crippen LogP contribution is 2.66. The van der Waals surface area contributed by atoms with E-state index in [1.165, 1.54) is 0 Å². The summed E-state index contributed by atoms with van der Waals surface area (Å²) in [5, 5.41) is 12.8. The molecule has 24 heteroatoms. The Hall–Kier alpha value is -1.93. The number of nitrogens with zero attached hydrogens (tertiary/aromatic N) is 1. The van der Waals surface area contributed by atoms with Crippen molar-refractivity contribution in [3.8, 4) is 0 Å². The molecule has 1 aliphatic heterocycles. The number of hydrogen-bond donors (Lipinski definition) is 9. The van der Waals surface area contributed by atoms with Gasteiger partial charge in [-0.05, 0) is 0 Å². The minimum absolute atomic E-state index is 0.518. The van der Waals surface area contributed by atoms with Gasteiger partial charge in [0.25, 0.3) is 5.56 Å². The smallest absolute Gasteiger partial charge is 0.388 e. The van der Waals surface area contributed by atoms with E-state index in [-0.39, 0.29) is 0 Å². The molecule has 1 amide bonds. The van der Waals surface area contributed by atoms with Crippen LogP contribution >= 0.6 is 23.5 Å². The second-order valence-electron chi connectivity index (χ2n) is 7.21. The summed E-state index contributed by atoms with van der Waals surface area (Å²) >= 11 is 0. The van der Waals surface area contributed by atoms with Crippen molar-refractivity contribution in [2.45, 2.75) is 24.0 Å². The molecule has 0 spiro atoms. The summed E-state index contributed by atoms with van der Waals surface area (Å²) in [7, 11) is -17.2. The van der Waals surface area contributed by atoms with E-state index >= 15 is 0 Å². The zero-order valence-corrected chi connectivity index (χ0v) is 20.9. The predicted octanol–water partition coefficient (Wildman–Crippen LogP) is -4.52. The van der Waals surface area contributed by atoms with Gasteiger partial charge in [-0.25, -0.2) is 18.5 Å². The van der Waals surface area contributed by atoms with Crippen molar-refractivity contribution < 1.29 is 65.8 Å². The zero-order chi connectivity index (χ0) is 28.4. The van der Waals surface area contributed by atoms with Crippen LogP contribution in [0.4, 0.5) is 0 Å². The maximum Gasteiger partial charge on any atom is 0.490 e.